The van der Waals surface area contributed by atoms with Crippen molar-refractivity contribution in [2.45, 2.75) is 51.8 Å². The summed E-state index contributed by atoms with van der Waals surface area (Å²) < 4.78 is 28.3. The topological polar surface area (TPSA) is 119 Å². The van der Waals surface area contributed by atoms with Crippen LogP contribution in [0.15, 0.2) is 0 Å². The number of hydrogen-bond acceptors (Lipinski definition) is 7. The number of esters is 1. The lowest BCUT2D eigenvalue weighted by Gasteiger charge is -2.36. The van der Waals surface area contributed by atoms with E-state index in [4.69, 9.17) is 18.9 Å². The highest BCUT2D eigenvalue weighted by atomic mass is 31.2. The van der Waals surface area contributed by atoms with Crippen LogP contribution in [0, 0.1) is 0 Å². The SMILES string of the molecule is CCOC(=O)C(CC(=O)O)(CC(C)O)P(=O)(OCC)OCC. The van der Waals surface area contributed by atoms with Gasteiger partial charge in [0.15, 0.2) is 5.16 Å². The van der Waals surface area contributed by atoms with E-state index in [9.17, 15) is 19.3 Å². The molecule has 0 amide bonds. The van der Waals surface area contributed by atoms with E-state index in [-0.39, 0.29) is 19.8 Å². The molecule has 2 atom stereocenters. The summed E-state index contributed by atoms with van der Waals surface area (Å²) in [4.78, 5) is 23.6. The molecular weight excluding hydrogens is 315 g/mol. The van der Waals surface area contributed by atoms with Crippen LogP contribution in [0.1, 0.15) is 40.5 Å². The van der Waals surface area contributed by atoms with Crippen LogP contribution in [0.3, 0.4) is 0 Å². The van der Waals surface area contributed by atoms with Gasteiger partial charge in [-0.1, -0.05) is 0 Å². The highest BCUT2D eigenvalue weighted by Crippen LogP contribution is 2.63. The van der Waals surface area contributed by atoms with Crippen molar-refractivity contribution < 1.29 is 38.2 Å². The van der Waals surface area contributed by atoms with Crippen LogP contribution in [0.4, 0.5) is 0 Å². The molecule has 0 saturated carbocycles. The second-order valence-corrected chi connectivity index (χ2v) is 7.08. The summed E-state index contributed by atoms with van der Waals surface area (Å²) in [6.45, 7) is 5.87. The molecule has 0 aromatic heterocycles. The third-order valence-corrected chi connectivity index (χ3v) is 5.62. The van der Waals surface area contributed by atoms with Gasteiger partial charge in [-0.25, -0.2) is 0 Å². The van der Waals surface area contributed by atoms with Crippen LogP contribution in [0.5, 0.6) is 0 Å². The third-order valence-electron chi connectivity index (χ3n) is 2.85. The average Bonchev–Trinajstić information content (AvgIpc) is 2.37. The maximum absolute atomic E-state index is 13.1. The highest BCUT2D eigenvalue weighted by Gasteiger charge is 2.59. The molecule has 8 nitrogen and oxygen atoms in total. The van der Waals surface area contributed by atoms with E-state index in [0.717, 1.165) is 0 Å². The van der Waals surface area contributed by atoms with Crippen LogP contribution in [0.2, 0.25) is 0 Å². The van der Waals surface area contributed by atoms with Crippen LogP contribution < -0.4 is 0 Å². The fraction of sp³-hybridized carbons (Fsp3) is 0.846. The first kappa shape index (κ1) is 21.0. The van der Waals surface area contributed by atoms with Crippen molar-refractivity contribution in [2.75, 3.05) is 19.8 Å². The van der Waals surface area contributed by atoms with E-state index in [2.05, 4.69) is 0 Å². The van der Waals surface area contributed by atoms with Crippen LogP contribution >= 0.6 is 7.60 Å². The Morgan fingerprint density at radius 1 is 1.14 bits per heavy atom. The molecule has 0 spiro atoms. The molecule has 0 aliphatic rings. The second-order valence-electron chi connectivity index (χ2n) is 4.71. The molecule has 0 radical (unpaired) electrons. The van der Waals surface area contributed by atoms with Crippen molar-refractivity contribution in [3.8, 4) is 0 Å². The van der Waals surface area contributed by atoms with E-state index >= 15 is 0 Å². The largest absolute Gasteiger partial charge is 0.481 e. The van der Waals surface area contributed by atoms with Gasteiger partial charge in [0.25, 0.3) is 0 Å². The second kappa shape index (κ2) is 9.25. The van der Waals surface area contributed by atoms with Gasteiger partial charge in [-0.15, -0.1) is 0 Å². The van der Waals surface area contributed by atoms with Crippen molar-refractivity contribution in [3.05, 3.63) is 0 Å². The molecular formula is C13H25O8P. The lowest BCUT2D eigenvalue weighted by molar-refractivity contribution is -0.152. The minimum atomic E-state index is -4.17. The molecule has 2 unspecified atom stereocenters. The summed E-state index contributed by atoms with van der Waals surface area (Å²) in [5, 5.41) is 16.8. The minimum Gasteiger partial charge on any atom is -0.481 e. The summed E-state index contributed by atoms with van der Waals surface area (Å²) in [6.07, 6.45) is -2.33. The number of aliphatic carboxylic acids is 1. The van der Waals surface area contributed by atoms with Gasteiger partial charge in [-0.3, -0.25) is 14.2 Å². The van der Waals surface area contributed by atoms with Crippen molar-refractivity contribution in [1.29, 1.82) is 0 Å². The number of ether oxygens (including phenoxy) is 1. The first-order chi connectivity index (χ1) is 10.2. The predicted molar refractivity (Wildman–Crippen MR) is 78.8 cm³/mol. The highest BCUT2D eigenvalue weighted by molar-refractivity contribution is 7.56. The third kappa shape index (κ3) is 5.05. The Labute approximate surface area is 130 Å². The summed E-state index contributed by atoms with van der Waals surface area (Å²) >= 11 is 0. The molecule has 0 rings (SSSR count). The van der Waals surface area contributed by atoms with Crippen LogP contribution in [-0.4, -0.2) is 53.2 Å². The number of carboxylic acids is 1. The monoisotopic (exact) mass is 340 g/mol. The lowest BCUT2D eigenvalue weighted by Crippen LogP contribution is -2.45. The molecule has 0 aromatic rings. The fourth-order valence-corrected chi connectivity index (χ4v) is 4.53. The Hall–Kier alpha value is -0.950. The van der Waals surface area contributed by atoms with Crippen molar-refractivity contribution in [3.63, 3.8) is 0 Å². The summed E-state index contributed by atoms with van der Waals surface area (Å²) in [7, 11) is -4.17. The number of rotatable bonds is 11. The zero-order chi connectivity index (χ0) is 17.4. The van der Waals surface area contributed by atoms with Crippen molar-refractivity contribution >= 4 is 19.5 Å². The van der Waals surface area contributed by atoms with Gasteiger partial charge < -0.3 is 24.0 Å². The molecule has 0 heterocycles. The maximum Gasteiger partial charge on any atom is 0.348 e. The van der Waals surface area contributed by atoms with Crippen LogP contribution in [0.25, 0.3) is 0 Å². The lowest BCUT2D eigenvalue weighted by atomic mass is 9.97. The Balaban J connectivity index is 6.11. The number of aliphatic hydroxyl groups excluding tert-OH is 1. The molecule has 9 heteroatoms. The van der Waals surface area contributed by atoms with E-state index in [0.29, 0.717) is 0 Å². The minimum absolute atomic E-state index is 0.0295. The molecule has 130 valence electrons. The molecule has 0 aliphatic heterocycles. The van der Waals surface area contributed by atoms with Crippen LogP contribution in [-0.2, 0) is 27.9 Å². The molecule has 0 bridgehead atoms. The van der Waals surface area contributed by atoms with Gasteiger partial charge >= 0.3 is 19.5 Å². The van der Waals surface area contributed by atoms with Gasteiger partial charge in [-0.2, -0.15) is 0 Å². The van der Waals surface area contributed by atoms with Gasteiger partial charge in [0.2, 0.25) is 0 Å². The number of carbonyl (C=O) groups excluding carboxylic acids is 1. The Morgan fingerprint density at radius 2 is 1.64 bits per heavy atom. The number of aliphatic hydroxyl groups is 1. The molecule has 0 saturated heterocycles. The summed E-state index contributed by atoms with van der Waals surface area (Å²) in [6, 6.07) is 0. The molecule has 22 heavy (non-hydrogen) atoms. The molecule has 2 N–H and O–H groups in total. The van der Waals surface area contributed by atoms with E-state index in [1.807, 2.05) is 0 Å². The maximum atomic E-state index is 13.1. The van der Waals surface area contributed by atoms with Crippen molar-refractivity contribution in [2.24, 2.45) is 0 Å². The first-order valence-electron chi connectivity index (χ1n) is 7.15. The normalized spacial score (nSPS) is 15.9. The number of hydrogen-bond donors (Lipinski definition) is 2. The quantitative estimate of drug-likeness (QED) is 0.431. The molecule has 0 aliphatic carbocycles. The van der Waals surface area contributed by atoms with Crippen molar-refractivity contribution in [1.82, 2.24) is 0 Å². The predicted octanol–water partition coefficient (Wildman–Crippen LogP) is 1.80. The van der Waals surface area contributed by atoms with E-state index < -0.39 is 43.6 Å². The fourth-order valence-electron chi connectivity index (χ4n) is 2.18. The summed E-state index contributed by atoms with van der Waals surface area (Å²) in [5.74, 6) is -2.38. The number of carbonyl (C=O) groups is 2. The molecule has 0 aromatic carbocycles. The smallest absolute Gasteiger partial charge is 0.348 e. The van der Waals surface area contributed by atoms with E-state index in [1.165, 1.54) is 13.8 Å². The Morgan fingerprint density at radius 3 is 1.95 bits per heavy atom. The first-order valence-corrected chi connectivity index (χ1v) is 8.69. The van der Waals surface area contributed by atoms with Gasteiger partial charge in [-0.05, 0) is 27.7 Å². The zero-order valence-corrected chi connectivity index (χ0v) is 14.3. The molecule has 0 fully saturated rings. The zero-order valence-electron chi connectivity index (χ0n) is 13.4. The van der Waals surface area contributed by atoms with Gasteiger partial charge in [0, 0.05) is 6.42 Å². The summed E-state index contributed by atoms with van der Waals surface area (Å²) in [5.41, 5.74) is 0. The average molecular weight is 340 g/mol. The standard InChI is InChI=1S/C13H25O8P/c1-5-19-12(17)13(8-10(4)14,9-11(15)16)22(18,20-6-2)21-7-3/h10,14H,5-9H2,1-4H3,(H,15,16). The number of carboxylic acid groups (broad SMARTS) is 1. The van der Waals surface area contributed by atoms with E-state index in [1.54, 1.807) is 13.8 Å². The van der Waals surface area contributed by atoms with Gasteiger partial charge in [0.1, 0.15) is 0 Å². The van der Waals surface area contributed by atoms with Gasteiger partial charge in [0.05, 0.1) is 32.3 Å². The Bertz CT molecular complexity index is 412. The Kier molecular flexibility index (Phi) is 8.85.